The summed E-state index contributed by atoms with van der Waals surface area (Å²) in [6.07, 6.45) is -0.306. The molecule has 0 fully saturated rings. The smallest absolute Gasteiger partial charge is 0.314 e. The highest BCUT2D eigenvalue weighted by atomic mass is 16.4. The molecule has 0 bridgehead atoms. The third-order valence-corrected chi connectivity index (χ3v) is 0.619. The Bertz CT molecular complexity index is 120. The van der Waals surface area contributed by atoms with Crippen molar-refractivity contribution in [3.05, 3.63) is 0 Å². The van der Waals surface area contributed by atoms with E-state index in [0.717, 1.165) is 0 Å². The van der Waals surface area contributed by atoms with Crippen LogP contribution < -0.4 is 0 Å². The molecular weight excluding hydrogens is 192 g/mol. The van der Waals surface area contributed by atoms with Gasteiger partial charge in [0.15, 0.2) is 0 Å². The summed E-state index contributed by atoms with van der Waals surface area (Å²) in [7, 11) is 0. The normalized spacial score (nSPS) is 7.00. The first-order chi connectivity index (χ1) is 5.54. The molecule has 4 N–H and O–H groups in total. The molecule has 0 aliphatic carbocycles. The Balaban J connectivity index is -0.0000000651. The average molecular weight is 212 g/mol. The van der Waals surface area contributed by atoms with Gasteiger partial charge in [-0.3, -0.25) is 9.59 Å². The molecule has 0 saturated carbocycles. The van der Waals surface area contributed by atoms with E-state index >= 15 is 0 Å². The molecule has 0 spiro atoms. The molecule has 0 amide bonds. The van der Waals surface area contributed by atoms with Crippen LogP contribution in [0.1, 0.15) is 27.7 Å². The minimum absolute atomic E-state index is 0. The monoisotopic (exact) mass is 212 g/mol. The van der Waals surface area contributed by atoms with Crippen LogP contribution in [0.3, 0.4) is 0 Å². The highest BCUT2D eigenvalue weighted by Gasteiger charge is 2.01. The van der Waals surface area contributed by atoms with Crippen LogP contribution in [0.25, 0.3) is 0 Å². The van der Waals surface area contributed by atoms with Crippen LogP contribution in [-0.4, -0.2) is 45.6 Å². The Morgan fingerprint density at radius 3 is 1.14 bits per heavy atom. The van der Waals surface area contributed by atoms with Crippen LogP contribution in [0, 0.1) is 0 Å². The van der Waals surface area contributed by atoms with Gasteiger partial charge in [0, 0.05) is 13.2 Å². The fourth-order valence-corrected chi connectivity index (χ4v) is 0.200. The van der Waals surface area contributed by atoms with Gasteiger partial charge in [0.1, 0.15) is 6.42 Å². The highest BCUT2D eigenvalue weighted by molar-refractivity contribution is 5.88. The number of hydrogen-bond acceptors (Lipinski definition) is 4. The predicted molar refractivity (Wildman–Crippen MR) is 52.1 cm³/mol. The summed E-state index contributed by atoms with van der Waals surface area (Å²) < 4.78 is 0. The number of aliphatic carboxylic acids is 2. The van der Waals surface area contributed by atoms with Crippen molar-refractivity contribution in [1.29, 1.82) is 0 Å². The standard InChI is InChI=1S/C3H4O4.C3H8O2.2CH4/c4-2(5)1-3(6)7;4-2-1-3-5;;/h1H2,(H,4,5)(H,6,7);4-5H,1-3H2;2*1H4. The van der Waals surface area contributed by atoms with Crippen LogP contribution in [0.2, 0.25) is 0 Å². The average Bonchev–Trinajstić information content (AvgIpc) is 1.87. The van der Waals surface area contributed by atoms with Crippen molar-refractivity contribution in [2.24, 2.45) is 0 Å². The van der Waals surface area contributed by atoms with E-state index in [1.54, 1.807) is 0 Å². The summed E-state index contributed by atoms with van der Waals surface area (Å²) in [5, 5.41) is 31.2. The van der Waals surface area contributed by atoms with Crippen molar-refractivity contribution in [3.8, 4) is 0 Å². The van der Waals surface area contributed by atoms with Crippen molar-refractivity contribution < 1.29 is 30.0 Å². The van der Waals surface area contributed by atoms with E-state index in [1.165, 1.54) is 0 Å². The van der Waals surface area contributed by atoms with Gasteiger partial charge in [-0.1, -0.05) is 14.9 Å². The lowest BCUT2D eigenvalue weighted by molar-refractivity contribution is -0.147. The molecule has 0 aromatic heterocycles. The first-order valence-electron chi connectivity index (χ1n) is 3.20. The van der Waals surface area contributed by atoms with Crippen LogP contribution in [0.5, 0.6) is 0 Å². The molecule has 88 valence electrons. The van der Waals surface area contributed by atoms with Gasteiger partial charge in [0.05, 0.1) is 0 Å². The quantitative estimate of drug-likeness (QED) is 0.494. The summed E-state index contributed by atoms with van der Waals surface area (Å²) in [6.45, 7) is 0.188. The second-order valence-corrected chi connectivity index (χ2v) is 1.77. The number of rotatable bonds is 4. The van der Waals surface area contributed by atoms with Crippen molar-refractivity contribution in [1.82, 2.24) is 0 Å². The third kappa shape index (κ3) is 44.7. The van der Waals surface area contributed by atoms with E-state index in [2.05, 4.69) is 0 Å². The first-order valence-corrected chi connectivity index (χ1v) is 3.20. The summed E-state index contributed by atoms with van der Waals surface area (Å²) in [5.41, 5.74) is 0. The molecule has 0 saturated heterocycles. The molecule has 6 nitrogen and oxygen atoms in total. The van der Waals surface area contributed by atoms with E-state index < -0.39 is 18.4 Å². The molecule has 0 aromatic rings. The summed E-state index contributed by atoms with van der Waals surface area (Å²) in [4.78, 5) is 18.9. The van der Waals surface area contributed by atoms with Crippen LogP contribution >= 0.6 is 0 Å². The lowest BCUT2D eigenvalue weighted by Crippen LogP contribution is -2.03. The summed E-state index contributed by atoms with van der Waals surface area (Å²) in [6, 6.07) is 0. The molecule has 14 heavy (non-hydrogen) atoms. The van der Waals surface area contributed by atoms with E-state index in [1.807, 2.05) is 0 Å². The topological polar surface area (TPSA) is 115 Å². The van der Waals surface area contributed by atoms with Gasteiger partial charge in [0.25, 0.3) is 0 Å². The zero-order valence-corrected chi connectivity index (χ0v) is 6.43. The van der Waals surface area contributed by atoms with Crippen molar-refractivity contribution in [2.45, 2.75) is 27.7 Å². The van der Waals surface area contributed by atoms with Gasteiger partial charge in [0.2, 0.25) is 0 Å². The zero-order valence-electron chi connectivity index (χ0n) is 6.43. The Morgan fingerprint density at radius 2 is 1.14 bits per heavy atom. The molecular formula is C8H20O6. The van der Waals surface area contributed by atoms with E-state index in [9.17, 15) is 9.59 Å². The van der Waals surface area contributed by atoms with Crippen LogP contribution in [0.15, 0.2) is 0 Å². The van der Waals surface area contributed by atoms with Gasteiger partial charge in [-0.05, 0) is 6.42 Å². The lowest BCUT2D eigenvalue weighted by atomic mass is 10.5. The van der Waals surface area contributed by atoms with Gasteiger partial charge in [-0.2, -0.15) is 0 Å². The SMILES string of the molecule is C.C.O=C(O)CC(=O)O.OCCCO. The molecule has 0 unspecified atom stereocenters. The Labute approximate surface area is 83.8 Å². The van der Waals surface area contributed by atoms with E-state index in [4.69, 9.17) is 20.4 Å². The number of aliphatic hydroxyl groups is 2. The minimum Gasteiger partial charge on any atom is -0.481 e. The summed E-state index contributed by atoms with van der Waals surface area (Å²) >= 11 is 0. The molecule has 0 radical (unpaired) electrons. The van der Waals surface area contributed by atoms with Crippen molar-refractivity contribution >= 4 is 11.9 Å². The Hall–Kier alpha value is -1.14. The fourth-order valence-electron chi connectivity index (χ4n) is 0.200. The largest absolute Gasteiger partial charge is 0.481 e. The predicted octanol–water partition coefficient (Wildman–Crippen LogP) is 0.179. The molecule has 0 aromatic carbocycles. The fraction of sp³-hybridized carbons (Fsp3) is 0.750. The van der Waals surface area contributed by atoms with Crippen LogP contribution in [0.4, 0.5) is 0 Å². The van der Waals surface area contributed by atoms with Gasteiger partial charge in [-0.15, -0.1) is 0 Å². The first kappa shape index (κ1) is 23.0. The van der Waals surface area contributed by atoms with Gasteiger partial charge >= 0.3 is 11.9 Å². The lowest BCUT2D eigenvalue weighted by Gasteiger charge is -1.80. The molecule has 0 rings (SSSR count). The highest BCUT2D eigenvalue weighted by Crippen LogP contribution is 1.74. The number of carbonyl (C=O) groups is 2. The van der Waals surface area contributed by atoms with Gasteiger partial charge < -0.3 is 20.4 Å². The maximum Gasteiger partial charge on any atom is 0.314 e. The third-order valence-electron chi connectivity index (χ3n) is 0.619. The maximum absolute atomic E-state index is 9.43. The Kier molecular flexibility index (Phi) is 29.3. The van der Waals surface area contributed by atoms with Gasteiger partial charge in [-0.25, -0.2) is 0 Å². The number of carboxylic acid groups (broad SMARTS) is 2. The minimum atomic E-state index is -1.31. The van der Waals surface area contributed by atoms with Crippen molar-refractivity contribution in [2.75, 3.05) is 13.2 Å². The molecule has 0 aliphatic rings. The Morgan fingerprint density at radius 1 is 0.857 bits per heavy atom. The molecule has 6 heteroatoms. The van der Waals surface area contributed by atoms with Crippen molar-refractivity contribution in [3.63, 3.8) is 0 Å². The summed E-state index contributed by atoms with van der Waals surface area (Å²) in [5.74, 6) is -2.62. The molecule has 0 aliphatic heterocycles. The van der Waals surface area contributed by atoms with E-state index in [-0.39, 0.29) is 28.1 Å². The number of hydrogen-bond donors (Lipinski definition) is 4. The maximum atomic E-state index is 9.43. The van der Waals surface area contributed by atoms with Crippen LogP contribution in [-0.2, 0) is 9.59 Å². The number of carboxylic acids is 2. The second-order valence-electron chi connectivity index (χ2n) is 1.77. The van der Waals surface area contributed by atoms with E-state index in [0.29, 0.717) is 6.42 Å². The number of aliphatic hydroxyl groups excluding tert-OH is 2. The zero-order chi connectivity index (χ0) is 9.98. The second kappa shape index (κ2) is 17.8. The molecule has 0 heterocycles. The molecule has 0 atom stereocenters.